The molecule has 0 saturated carbocycles. The number of carboxylic acids is 1. The predicted molar refractivity (Wildman–Crippen MR) is 81.6 cm³/mol. The second kappa shape index (κ2) is 9.75. The van der Waals surface area contributed by atoms with Crippen molar-refractivity contribution in [3.8, 4) is 0 Å². The Morgan fingerprint density at radius 1 is 1.27 bits per heavy atom. The number of amides is 2. The predicted octanol–water partition coefficient (Wildman–Crippen LogP) is 1.57. The molecule has 1 aromatic carbocycles. The average molecular weight is 331 g/mol. The van der Waals surface area contributed by atoms with Crippen LogP contribution in [0.25, 0.3) is 0 Å². The Balaban J connectivity index is 0.00000441. The smallest absolute Gasteiger partial charge is 0.417 e. The van der Waals surface area contributed by atoms with Crippen molar-refractivity contribution in [3.63, 3.8) is 0 Å². The van der Waals surface area contributed by atoms with Gasteiger partial charge in [-0.05, 0) is 12.5 Å². The molecular weight excluding hydrogens is 312 g/mol. The molecule has 0 aliphatic rings. The van der Waals surface area contributed by atoms with Crippen molar-refractivity contribution in [1.29, 1.82) is 0 Å². The number of carbonyl (C=O) groups is 3. The first-order valence-electron chi connectivity index (χ1n) is 6.46. The molecule has 0 aromatic heterocycles. The molecule has 0 fully saturated rings. The lowest BCUT2D eigenvalue weighted by Crippen LogP contribution is -2.44. The van der Waals surface area contributed by atoms with E-state index in [0.717, 1.165) is 4.90 Å². The number of nitrogens with two attached hydrogens (primary N) is 1. The van der Waals surface area contributed by atoms with Crippen LogP contribution in [0.4, 0.5) is 4.79 Å². The molecule has 0 bridgehead atoms. The number of ether oxygens (including phenoxy) is 1. The molecule has 22 heavy (non-hydrogen) atoms. The lowest BCUT2D eigenvalue weighted by Gasteiger charge is -2.28. The van der Waals surface area contributed by atoms with Gasteiger partial charge >= 0.3 is 12.1 Å². The molecule has 0 radical (unpaired) electrons. The zero-order valence-corrected chi connectivity index (χ0v) is 12.9. The summed E-state index contributed by atoms with van der Waals surface area (Å²) in [7, 11) is 0. The highest BCUT2D eigenvalue weighted by molar-refractivity contribution is 5.94. The Kier molecular flexibility index (Phi) is 8.81. The van der Waals surface area contributed by atoms with Crippen molar-refractivity contribution in [2.24, 2.45) is 5.73 Å². The topological polar surface area (TPSA) is 110 Å². The van der Waals surface area contributed by atoms with Crippen molar-refractivity contribution < 1.29 is 24.2 Å². The summed E-state index contributed by atoms with van der Waals surface area (Å²) >= 11 is 0. The third kappa shape index (κ3) is 5.34. The van der Waals surface area contributed by atoms with Crippen molar-refractivity contribution in [3.05, 3.63) is 35.9 Å². The van der Waals surface area contributed by atoms with Crippen molar-refractivity contribution in [2.75, 3.05) is 13.2 Å². The molecule has 1 aromatic rings. The lowest BCUT2D eigenvalue weighted by molar-refractivity contribution is -0.139. The molecule has 2 amide bonds. The summed E-state index contributed by atoms with van der Waals surface area (Å²) in [5, 5.41) is 9.04. The maximum atomic E-state index is 12.0. The maximum absolute atomic E-state index is 12.0. The van der Waals surface area contributed by atoms with E-state index in [1.807, 2.05) is 0 Å². The second-order valence-electron chi connectivity index (χ2n) is 4.19. The minimum absolute atomic E-state index is 0. The minimum Gasteiger partial charge on any atom is -0.481 e. The molecule has 3 N–H and O–H groups in total. The van der Waals surface area contributed by atoms with Crippen LogP contribution in [0.3, 0.4) is 0 Å². The summed E-state index contributed by atoms with van der Waals surface area (Å²) in [6, 6.07) is 7.47. The normalized spacial score (nSPS) is 11.0. The molecule has 7 nitrogen and oxygen atoms in total. The van der Waals surface area contributed by atoms with Gasteiger partial charge in [0.1, 0.15) is 0 Å². The molecule has 1 atom stereocenters. The van der Waals surface area contributed by atoms with E-state index in [-0.39, 0.29) is 19.0 Å². The highest BCUT2D eigenvalue weighted by atomic mass is 35.5. The summed E-state index contributed by atoms with van der Waals surface area (Å²) in [6.07, 6.45) is -1.32. The second-order valence-corrected chi connectivity index (χ2v) is 4.19. The van der Waals surface area contributed by atoms with E-state index in [9.17, 15) is 14.4 Å². The number of hydrogen-bond acceptors (Lipinski definition) is 5. The highest BCUT2D eigenvalue weighted by Crippen LogP contribution is 2.25. The number of aliphatic carboxylic acids is 1. The average Bonchev–Trinajstić information content (AvgIpc) is 2.47. The Labute approximate surface area is 134 Å². The van der Waals surface area contributed by atoms with Gasteiger partial charge in [0.2, 0.25) is 5.91 Å². The molecule has 0 aliphatic carbocycles. The lowest BCUT2D eigenvalue weighted by atomic mass is 10.0. The molecule has 0 spiro atoms. The first kappa shape index (κ1) is 19.9. The number of carboxylic acid groups (broad SMARTS) is 1. The third-order valence-corrected chi connectivity index (χ3v) is 2.77. The fourth-order valence-electron chi connectivity index (χ4n) is 1.89. The van der Waals surface area contributed by atoms with Gasteiger partial charge in [-0.3, -0.25) is 9.59 Å². The van der Waals surface area contributed by atoms with Crippen LogP contribution >= 0.6 is 12.4 Å². The fraction of sp³-hybridized carbons (Fsp3) is 0.357. The van der Waals surface area contributed by atoms with Gasteiger partial charge in [0.25, 0.3) is 0 Å². The van der Waals surface area contributed by atoms with Crippen LogP contribution in [0.2, 0.25) is 0 Å². The number of nitrogens with zero attached hydrogens (tertiary/aromatic N) is 1. The monoisotopic (exact) mass is 330 g/mol. The number of rotatable bonds is 6. The van der Waals surface area contributed by atoms with E-state index in [0.29, 0.717) is 5.56 Å². The zero-order valence-electron chi connectivity index (χ0n) is 12.1. The summed E-state index contributed by atoms with van der Waals surface area (Å²) in [5.74, 6) is -1.83. The number of benzene rings is 1. The largest absolute Gasteiger partial charge is 0.481 e. The summed E-state index contributed by atoms with van der Waals surface area (Å²) in [5.41, 5.74) is 5.83. The maximum Gasteiger partial charge on any atom is 0.417 e. The van der Waals surface area contributed by atoms with Gasteiger partial charge in [-0.25, -0.2) is 9.69 Å². The van der Waals surface area contributed by atoms with Crippen LogP contribution in [0.1, 0.15) is 24.9 Å². The van der Waals surface area contributed by atoms with Crippen LogP contribution < -0.4 is 5.73 Å². The van der Waals surface area contributed by atoms with Gasteiger partial charge in [-0.15, -0.1) is 12.4 Å². The van der Waals surface area contributed by atoms with Gasteiger partial charge < -0.3 is 15.6 Å². The minimum atomic E-state index is -1.14. The first-order valence-corrected chi connectivity index (χ1v) is 6.46. The molecule has 1 rings (SSSR count). The Bertz CT molecular complexity index is 509. The summed E-state index contributed by atoms with van der Waals surface area (Å²) < 4.78 is 4.83. The van der Waals surface area contributed by atoms with Crippen LogP contribution in [0.5, 0.6) is 0 Å². The third-order valence-electron chi connectivity index (χ3n) is 2.77. The number of imide groups is 1. The van der Waals surface area contributed by atoms with Gasteiger partial charge in [-0.1, -0.05) is 30.3 Å². The van der Waals surface area contributed by atoms with Crippen molar-refractivity contribution in [1.82, 2.24) is 4.90 Å². The number of hydrogen-bond donors (Lipinski definition) is 2. The van der Waals surface area contributed by atoms with E-state index < -0.39 is 37.0 Å². The Morgan fingerprint density at radius 3 is 2.32 bits per heavy atom. The van der Waals surface area contributed by atoms with E-state index in [2.05, 4.69) is 0 Å². The van der Waals surface area contributed by atoms with Gasteiger partial charge in [-0.2, -0.15) is 0 Å². The van der Waals surface area contributed by atoms with Crippen molar-refractivity contribution >= 4 is 30.4 Å². The Morgan fingerprint density at radius 2 is 1.86 bits per heavy atom. The van der Waals surface area contributed by atoms with Crippen LogP contribution in [-0.2, 0) is 14.3 Å². The SMILES string of the molecule is CCOC(=O)N(C(=O)CN)C(CC(=O)O)c1ccccc1.Cl. The summed E-state index contributed by atoms with van der Waals surface area (Å²) in [4.78, 5) is 35.7. The molecule has 8 heteroatoms. The van der Waals surface area contributed by atoms with Crippen LogP contribution in [0.15, 0.2) is 30.3 Å². The number of halogens is 1. The van der Waals surface area contributed by atoms with E-state index in [4.69, 9.17) is 15.6 Å². The molecule has 122 valence electrons. The van der Waals surface area contributed by atoms with E-state index in [1.165, 1.54) is 0 Å². The van der Waals surface area contributed by atoms with Crippen LogP contribution in [-0.4, -0.2) is 41.1 Å². The van der Waals surface area contributed by atoms with Gasteiger partial charge in [0.05, 0.1) is 25.6 Å². The Hall–Kier alpha value is -2.12. The molecule has 0 aliphatic heterocycles. The summed E-state index contributed by atoms with van der Waals surface area (Å²) in [6.45, 7) is 1.25. The van der Waals surface area contributed by atoms with E-state index in [1.54, 1.807) is 37.3 Å². The van der Waals surface area contributed by atoms with Gasteiger partial charge in [0, 0.05) is 0 Å². The molecule has 0 heterocycles. The van der Waals surface area contributed by atoms with Crippen LogP contribution in [0, 0.1) is 0 Å². The fourth-order valence-corrected chi connectivity index (χ4v) is 1.89. The quantitative estimate of drug-likeness (QED) is 0.819. The zero-order chi connectivity index (χ0) is 15.8. The molecular formula is C14H19ClN2O5. The number of carbonyl (C=O) groups excluding carboxylic acids is 2. The van der Waals surface area contributed by atoms with Crippen molar-refractivity contribution in [2.45, 2.75) is 19.4 Å². The molecule has 1 unspecified atom stereocenters. The molecule has 0 saturated heterocycles. The standard InChI is InChI=1S/C14H18N2O5.ClH/c1-2-21-14(20)16(12(17)9-15)11(8-13(18)19)10-6-4-3-5-7-10;/h3-7,11H,2,8-9,15H2,1H3,(H,18,19);1H. The van der Waals surface area contributed by atoms with Gasteiger partial charge in [0.15, 0.2) is 0 Å². The highest BCUT2D eigenvalue weighted by Gasteiger charge is 2.32. The first-order chi connectivity index (χ1) is 10.0. The van der Waals surface area contributed by atoms with E-state index >= 15 is 0 Å².